The third-order valence-corrected chi connectivity index (χ3v) is 3.03. The van der Waals surface area contributed by atoms with Crippen LogP contribution in [0.15, 0.2) is 59.6 Å². The summed E-state index contributed by atoms with van der Waals surface area (Å²) in [6.07, 6.45) is 4.46. The molecule has 0 unspecified atom stereocenters. The maximum absolute atomic E-state index is 12.1. The van der Waals surface area contributed by atoms with Crippen LogP contribution in [0.2, 0.25) is 5.02 Å². The van der Waals surface area contributed by atoms with Crippen LogP contribution in [0, 0.1) is 0 Å². The molecule has 6 heteroatoms. The van der Waals surface area contributed by atoms with Crippen molar-refractivity contribution in [3.63, 3.8) is 0 Å². The quantitative estimate of drug-likeness (QED) is 0.801. The van der Waals surface area contributed by atoms with E-state index in [4.69, 9.17) is 16.0 Å². The number of hydrogen-bond donors (Lipinski definition) is 1. The second kappa shape index (κ2) is 5.76. The topological polar surface area (TPSA) is 68.0 Å². The molecule has 2 aromatic heterocycles. The summed E-state index contributed by atoms with van der Waals surface area (Å²) in [5.74, 6) is 0.305. The standard InChI is InChI=1S/C15H10ClN3O2/c16-11-4-5-18-13(7-11)15(20)19-12-3-1-2-10(6-12)14-8-17-9-21-14/h1-9H,(H,19,20). The van der Waals surface area contributed by atoms with Crippen LogP contribution in [-0.2, 0) is 0 Å². The van der Waals surface area contributed by atoms with Crippen molar-refractivity contribution in [1.82, 2.24) is 9.97 Å². The Kier molecular flexibility index (Phi) is 3.66. The molecule has 0 saturated carbocycles. The van der Waals surface area contributed by atoms with Gasteiger partial charge in [-0.3, -0.25) is 9.78 Å². The van der Waals surface area contributed by atoms with E-state index < -0.39 is 0 Å². The van der Waals surface area contributed by atoms with E-state index in [0.717, 1.165) is 5.56 Å². The van der Waals surface area contributed by atoms with Gasteiger partial charge in [0.15, 0.2) is 12.2 Å². The number of carbonyl (C=O) groups is 1. The van der Waals surface area contributed by atoms with Crippen LogP contribution >= 0.6 is 11.6 Å². The average molecular weight is 300 g/mol. The van der Waals surface area contributed by atoms with E-state index in [1.165, 1.54) is 18.7 Å². The van der Waals surface area contributed by atoms with Crippen molar-refractivity contribution in [2.75, 3.05) is 5.32 Å². The largest absolute Gasteiger partial charge is 0.444 e. The maximum Gasteiger partial charge on any atom is 0.274 e. The van der Waals surface area contributed by atoms with E-state index in [2.05, 4.69) is 15.3 Å². The molecule has 21 heavy (non-hydrogen) atoms. The summed E-state index contributed by atoms with van der Waals surface area (Å²) in [4.78, 5) is 19.9. The number of halogens is 1. The van der Waals surface area contributed by atoms with Gasteiger partial charge in [-0.15, -0.1) is 0 Å². The van der Waals surface area contributed by atoms with Crippen LogP contribution in [0.25, 0.3) is 11.3 Å². The van der Waals surface area contributed by atoms with Gasteiger partial charge in [-0.05, 0) is 24.3 Å². The molecule has 0 fully saturated rings. The highest BCUT2D eigenvalue weighted by Gasteiger charge is 2.09. The molecule has 3 aromatic rings. The summed E-state index contributed by atoms with van der Waals surface area (Å²) in [7, 11) is 0. The highest BCUT2D eigenvalue weighted by Crippen LogP contribution is 2.22. The predicted molar refractivity (Wildman–Crippen MR) is 79.1 cm³/mol. The van der Waals surface area contributed by atoms with Crippen molar-refractivity contribution in [3.05, 3.63) is 65.9 Å². The van der Waals surface area contributed by atoms with Crippen LogP contribution in [0.1, 0.15) is 10.5 Å². The van der Waals surface area contributed by atoms with Gasteiger partial charge >= 0.3 is 0 Å². The number of benzene rings is 1. The zero-order valence-electron chi connectivity index (χ0n) is 10.8. The van der Waals surface area contributed by atoms with Gasteiger partial charge in [-0.2, -0.15) is 0 Å². The Morgan fingerprint density at radius 3 is 2.90 bits per heavy atom. The summed E-state index contributed by atoms with van der Waals surface area (Å²) in [6.45, 7) is 0. The number of nitrogens with one attached hydrogen (secondary N) is 1. The smallest absolute Gasteiger partial charge is 0.274 e. The summed E-state index contributed by atoms with van der Waals surface area (Å²) < 4.78 is 5.23. The SMILES string of the molecule is O=C(Nc1cccc(-c2cnco2)c1)c1cc(Cl)ccn1. The number of oxazole rings is 1. The number of anilines is 1. The van der Waals surface area contributed by atoms with Gasteiger partial charge in [0.2, 0.25) is 0 Å². The first-order chi connectivity index (χ1) is 10.2. The lowest BCUT2D eigenvalue weighted by Gasteiger charge is -2.06. The average Bonchev–Trinajstić information content (AvgIpc) is 3.02. The van der Waals surface area contributed by atoms with Crippen molar-refractivity contribution >= 4 is 23.2 Å². The predicted octanol–water partition coefficient (Wildman–Crippen LogP) is 3.64. The monoisotopic (exact) mass is 299 g/mol. The van der Waals surface area contributed by atoms with Crippen molar-refractivity contribution in [1.29, 1.82) is 0 Å². The molecule has 0 aliphatic heterocycles. The first-order valence-corrected chi connectivity index (χ1v) is 6.52. The molecule has 3 rings (SSSR count). The van der Waals surface area contributed by atoms with Crippen LogP contribution in [0.3, 0.4) is 0 Å². The summed E-state index contributed by atoms with van der Waals surface area (Å²) >= 11 is 5.85. The Balaban J connectivity index is 1.82. The lowest BCUT2D eigenvalue weighted by molar-refractivity contribution is 0.102. The minimum atomic E-state index is -0.327. The number of nitrogens with zero attached hydrogens (tertiary/aromatic N) is 2. The Morgan fingerprint density at radius 1 is 1.24 bits per heavy atom. The molecule has 0 saturated heterocycles. The Hall–Kier alpha value is -2.66. The van der Waals surface area contributed by atoms with Gasteiger partial charge in [-0.1, -0.05) is 23.7 Å². The minimum absolute atomic E-state index is 0.257. The normalized spacial score (nSPS) is 10.3. The minimum Gasteiger partial charge on any atom is -0.444 e. The second-order valence-corrected chi connectivity index (χ2v) is 4.70. The molecule has 1 amide bonds. The van der Waals surface area contributed by atoms with Crippen molar-refractivity contribution in [3.8, 4) is 11.3 Å². The van der Waals surface area contributed by atoms with Crippen LogP contribution in [0.4, 0.5) is 5.69 Å². The lowest BCUT2D eigenvalue weighted by atomic mass is 10.1. The summed E-state index contributed by atoms with van der Waals surface area (Å²) in [5.41, 5.74) is 1.72. The fourth-order valence-electron chi connectivity index (χ4n) is 1.83. The first-order valence-electron chi connectivity index (χ1n) is 6.14. The summed E-state index contributed by atoms with van der Waals surface area (Å²) in [6, 6.07) is 10.4. The van der Waals surface area contributed by atoms with Gasteiger partial charge in [0.05, 0.1) is 6.20 Å². The van der Waals surface area contributed by atoms with Crippen molar-refractivity contribution in [2.24, 2.45) is 0 Å². The third kappa shape index (κ3) is 3.09. The number of amides is 1. The van der Waals surface area contributed by atoms with E-state index in [0.29, 0.717) is 16.5 Å². The van der Waals surface area contributed by atoms with E-state index >= 15 is 0 Å². The molecular formula is C15H10ClN3O2. The number of hydrogen-bond acceptors (Lipinski definition) is 4. The van der Waals surface area contributed by atoms with Gasteiger partial charge in [0.1, 0.15) is 5.69 Å². The van der Waals surface area contributed by atoms with Crippen LogP contribution in [0.5, 0.6) is 0 Å². The fraction of sp³-hybridized carbons (Fsp3) is 0. The van der Waals surface area contributed by atoms with Gasteiger partial charge in [-0.25, -0.2) is 4.98 Å². The third-order valence-electron chi connectivity index (χ3n) is 2.79. The Morgan fingerprint density at radius 2 is 2.14 bits per heavy atom. The molecule has 0 atom stereocenters. The molecule has 0 radical (unpaired) electrons. The van der Waals surface area contributed by atoms with E-state index in [-0.39, 0.29) is 11.6 Å². The molecule has 2 heterocycles. The Bertz CT molecular complexity index is 772. The number of carbonyl (C=O) groups excluding carboxylic acids is 1. The summed E-state index contributed by atoms with van der Waals surface area (Å²) in [5, 5.41) is 3.23. The molecule has 1 N–H and O–H groups in total. The molecule has 0 bridgehead atoms. The zero-order valence-corrected chi connectivity index (χ0v) is 11.5. The number of aromatic nitrogens is 2. The van der Waals surface area contributed by atoms with Gasteiger partial charge in [0, 0.05) is 22.5 Å². The fourth-order valence-corrected chi connectivity index (χ4v) is 1.99. The molecule has 0 aliphatic carbocycles. The van der Waals surface area contributed by atoms with E-state index in [1.807, 2.05) is 12.1 Å². The molecule has 0 spiro atoms. The highest BCUT2D eigenvalue weighted by molar-refractivity contribution is 6.30. The molecule has 0 aliphatic rings. The van der Waals surface area contributed by atoms with E-state index in [9.17, 15) is 4.79 Å². The second-order valence-electron chi connectivity index (χ2n) is 4.26. The van der Waals surface area contributed by atoms with E-state index in [1.54, 1.807) is 24.4 Å². The van der Waals surface area contributed by atoms with Crippen LogP contribution < -0.4 is 5.32 Å². The highest BCUT2D eigenvalue weighted by atomic mass is 35.5. The van der Waals surface area contributed by atoms with Crippen molar-refractivity contribution in [2.45, 2.75) is 0 Å². The molecule has 5 nitrogen and oxygen atoms in total. The van der Waals surface area contributed by atoms with Crippen LogP contribution in [-0.4, -0.2) is 15.9 Å². The number of rotatable bonds is 3. The first kappa shape index (κ1) is 13.3. The molecule has 104 valence electrons. The molecule has 1 aromatic carbocycles. The van der Waals surface area contributed by atoms with Gasteiger partial charge in [0.25, 0.3) is 5.91 Å². The zero-order chi connectivity index (χ0) is 14.7. The Labute approximate surface area is 125 Å². The number of pyridine rings is 1. The van der Waals surface area contributed by atoms with Crippen molar-refractivity contribution < 1.29 is 9.21 Å². The lowest BCUT2D eigenvalue weighted by Crippen LogP contribution is -2.13. The maximum atomic E-state index is 12.1. The van der Waals surface area contributed by atoms with Gasteiger partial charge < -0.3 is 9.73 Å². The molecular weight excluding hydrogens is 290 g/mol.